The molecule has 2 unspecified atom stereocenters. The van der Waals surface area contributed by atoms with Crippen LogP contribution >= 0.6 is 0 Å². The van der Waals surface area contributed by atoms with Crippen LogP contribution in [-0.2, 0) is 19.8 Å². The number of anilines is 2. The molecule has 2 aliphatic heterocycles. The summed E-state index contributed by atoms with van der Waals surface area (Å²) in [5, 5.41) is 13.5. The number of hydrogen-bond donors (Lipinski definition) is 3. The summed E-state index contributed by atoms with van der Waals surface area (Å²) in [4.78, 5) is 23.6. The van der Waals surface area contributed by atoms with E-state index >= 15 is 4.39 Å². The first kappa shape index (κ1) is 21.5. The van der Waals surface area contributed by atoms with Gasteiger partial charge in [-0.05, 0) is 25.8 Å². The Bertz CT molecular complexity index is 1120. The number of aliphatic carboxylic acids is 1. The molecule has 0 bridgehead atoms. The molecule has 13 heteroatoms. The number of pyridine rings is 1. The number of nitrogens with zero attached hydrogens (tertiary/aromatic N) is 4. The zero-order valence-corrected chi connectivity index (χ0v) is 17.6. The van der Waals surface area contributed by atoms with E-state index in [0.29, 0.717) is 5.71 Å². The molecule has 1 aromatic rings. The lowest BCUT2D eigenvalue weighted by Gasteiger charge is -2.33. The summed E-state index contributed by atoms with van der Waals surface area (Å²) in [7, 11) is -3.44. The van der Waals surface area contributed by atoms with Gasteiger partial charge in [0.1, 0.15) is 17.8 Å². The van der Waals surface area contributed by atoms with Crippen LogP contribution in [0.2, 0.25) is 0 Å². The number of oxime groups is 1. The van der Waals surface area contributed by atoms with E-state index in [1.165, 1.54) is 7.11 Å². The van der Waals surface area contributed by atoms with Crippen molar-refractivity contribution in [2.24, 2.45) is 10.9 Å². The Balaban J connectivity index is 1.89. The molecule has 4 rings (SSSR count). The molecule has 4 N–H and O–H groups in total. The summed E-state index contributed by atoms with van der Waals surface area (Å²) in [5.74, 6) is -2.33. The van der Waals surface area contributed by atoms with Crippen molar-refractivity contribution in [1.82, 2.24) is 4.98 Å². The highest BCUT2D eigenvalue weighted by atomic mass is 32.2. The van der Waals surface area contributed by atoms with Gasteiger partial charge < -0.3 is 25.5 Å². The molecule has 1 saturated heterocycles. The first-order valence-electron chi connectivity index (χ1n) is 9.58. The third-order valence-electron chi connectivity index (χ3n) is 5.79. The summed E-state index contributed by atoms with van der Waals surface area (Å²) in [6, 6.07) is -0.0162. The highest BCUT2D eigenvalue weighted by Gasteiger charge is 2.43. The van der Waals surface area contributed by atoms with Crippen molar-refractivity contribution in [2.75, 3.05) is 30.0 Å². The molecule has 1 aromatic heterocycles. The van der Waals surface area contributed by atoms with Crippen molar-refractivity contribution in [1.29, 1.82) is 0 Å². The van der Waals surface area contributed by atoms with Crippen LogP contribution < -0.4 is 15.5 Å². The van der Waals surface area contributed by atoms with Crippen LogP contribution in [0, 0.1) is 5.82 Å². The Morgan fingerprint density at radius 2 is 2.00 bits per heavy atom. The highest BCUT2D eigenvalue weighted by molar-refractivity contribution is 7.90. The zero-order valence-electron chi connectivity index (χ0n) is 16.8. The zero-order chi connectivity index (χ0) is 22.7. The van der Waals surface area contributed by atoms with Crippen molar-refractivity contribution in [3.8, 4) is 0 Å². The van der Waals surface area contributed by atoms with Crippen molar-refractivity contribution in [3.63, 3.8) is 0 Å². The van der Waals surface area contributed by atoms with Crippen LogP contribution in [0.1, 0.15) is 25.3 Å². The van der Waals surface area contributed by atoms with E-state index in [1.807, 2.05) is 0 Å². The van der Waals surface area contributed by atoms with Crippen molar-refractivity contribution >= 4 is 39.0 Å². The van der Waals surface area contributed by atoms with Crippen LogP contribution in [0.25, 0.3) is 5.57 Å². The smallest absolute Gasteiger partial charge is 0.337 e. The molecule has 2 atom stereocenters. The second kappa shape index (κ2) is 7.43. The highest BCUT2D eigenvalue weighted by Crippen LogP contribution is 2.43. The number of hydrogen-bond acceptors (Lipinski definition) is 9. The van der Waals surface area contributed by atoms with Gasteiger partial charge in [-0.2, -0.15) is 8.42 Å². The maximum atomic E-state index is 15.2. The second-order valence-corrected chi connectivity index (χ2v) is 9.20. The standard InChI is InChI=1S/C18H22FN5O6S/c1-8-15(20)12(22-30-2)6-23(8)17-11(19)5-10-14(18(25)26)13(31(27,28)29)7-24(9-3-4-9)16(10)21-17/h5,8-9,15H,3-4,6-7,20H2,1-2H3,(H,25,26)(H,27,28,29). The number of fused-ring (bicyclic) bond motifs is 1. The van der Waals surface area contributed by atoms with Gasteiger partial charge in [-0.1, -0.05) is 5.16 Å². The van der Waals surface area contributed by atoms with E-state index in [2.05, 4.69) is 10.1 Å². The number of carboxylic acids is 1. The Morgan fingerprint density at radius 3 is 2.55 bits per heavy atom. The Labute approximate surface area is 177 Å². The summed E-state index contributed by atoms with van der Waals surface area (Å²) in [5.41, 5.74) is 5.78. The number of rotatable bonds is 5. The first-order valence-corrected chi connectivity index (χ1v) is 11.0. The summed E-state index contributed by atoms with van der Waals surface area (Å²) in [6.45, 7) is 1.59. The van der Waals surface area contributed by atoms with E-state index in [0.717, 1.165) is 18.9 Å². The van der Waals surface area contributed by atoms with Crippen molar-refractivity contribution in [3.05, 3.63) is 22.4 Å². The third-order valence-corrected chi connectivity index (χ3v) is 6.75. The molecule has 11 nitrogen and oxygen atoms in total. The van der Waals surface area contributed by atoms with Gasteiger partial charge in [0.2, 0.25) is 0 Å². The SMILES string of the molecule is CON=C1CN(c2nc3c(cc2F)C(C(=O)O)=C(S(=O)(=O)O)CN3C2CC2)C(C)C1N. The lowest BCUT2D eigenvalue weighted by atomic mass is 10.0. The number of aromatic nitrogens is 1. The number of halogens is 1. The molecule has 1 aliphatic carbocycles. The average molecular weight is 455 g/mol. The number of carbonyl (C=O) groups is 1. The van der Waals surface area contributed by atoms with Gasteiger partial charge in [-0.25, -0.2) is 14.2 Å². The number of nitrogens with two attached hydrogens (primary N) is 1. The minimum Gasteiger partial charge on any atom is -0.478 e. The molecule has 2 fully saturated rings. The normalized spacial score (nSPS) is 25.3. The molecule has 31 heavy (non-hydrogen) atoms. The Kier molecular flexibility index (Phi) is 5.14. The minimum absolute atomic E-state index is 0.0475. The molecule has 168 valence electrons. The predicted molar refractivity (Wildman–Crippen MR) is 110 cm³/mol. The van der Waals surface area contributed by atoms with Crippen LogP contribution in [0.5, 0.6) is 0 Å². The topological polar surface area (TPSA) is 159 Å². The van der Waals surface area contributed by atoms with E-state index in [9.17, 15) is 22.9 Å². The molecular formula is C18H22FN5O6S. The van der Waals surface area contributed by atoms with Gasteiger partial charge in [0.15, 0.2) is 11.6 Å². The number of carboxylic acid groups (broad SMARTS) is 1. The summed E-state index contributed by atoms with van der Waals surface area (Å²) in [6.07, 6.45) is 1.48. The van der Waals surface area contributed by atoms with E-state index in [-0.39, 0.29) is 42.4 Å². The van der Waals surface area contributed by atoms with Crippen LogP contribution in [0.3, 0.4) is 0 Å². The van der Waals surface area contributed by atoms with Gasteiger partial charge in [0.25, 0.3) is 10.1 Å². The lowest BCUT2D eigenvalue weighted by molar-refractivity contribution is -0.130. The van der Waals surface area contributed by atoms with Crippen LogP contribution in [-0.4, -0.2) is 73.1 Å². The van der Waals surface area contributed by atoms with Crippen LogP contribution in [0.4, 0.5) is 16.0 Å². The average Bonchev–Trinajstić information content (AvgIpc) is 3.48. The van der Waals surface area contributed by atoms with Gasteiger partial charge in [-0.15, -0.1) is 0 Å². The fraction of sp³-hybridized carbons (Fsp3) is 0.500. The third kappa shape index (κ3) is 3.62. The maximum absolute atomic E-state index is 15.2. The quantitative estimate of drug-likeness (QED) is 0.420. The maximum Gasteiger partial charge on any atom is 0.337 e. The van der Waals surface area contributed by atoms with E-state index in [1.54, 1.807) is 16.7 Å². The van der Waals surface area contributed by atoms with Gasteiger partial charge in [0.05, 0.1) is 30.4 Å². The van der Waals surface area contributed by atoms with E-state index < -0.39 is 38.4 Å². The van der Waals surface area contributed by atoms with Gasteiger partial charge >= 0.3 is 5.97 Å². The lowest BCUT2D eigenvalue weighted by Crippen LogP contribution is -2.40. The summed E-state index contributed by atoms with van der Waals surface area (Å²) >= 11 is 0. The molecule has 0 aromatic carbocycles. The molecule has 1 saturated carbocycles. The first-order chi connectivity index (χ1) is 14.5. The second-order valence-electron chi connectivity index (χ2n) is 7.76. The monoisotopic (exact) mass is 455 g/mol. The van der Waals surface area contributed by atoms with Gasteiger partial charge in [-0.3, -0.25) is 4.55 Å². The van der Waals surface area contributed by atoms with Crippen molar-refractivity contribution in [2.45, 2.75) is 37.9 Å². The van der Waals surface area contributed by atoms with Crippen LogP contribution in [0.15, 0.2) is 16.1 Å². The van der Waals surface area contributed by atoms with E-state index in [4.69, 9.17) is 10.6 Å². The molecule has 0 radical (unpaired) electrons. The fourth-order valence-corrected chi connectivity index (χ4v) is 4.79. The van der Waals surface area contributed by atoms with Crippen molar-refractivity contribution < 1.29 is 32.1 Å². The molecule has 3 heterocycles. The predicted octanol–water partition coefficient (Wildman–Crippen LogP) is 0.425. The summed E-state index contributed by atoms with van der Waals surface area (Å²) < 4.78 is 48.6. The minimum atomic E-state index is -4.82. The largest absolute Gasteiger partial charge is 0.478 e. The van der Waals surface area contributed by atoms with Gasteiger partial charge in [0, 0.05) is 17.6 Å². The molecular weight excluding hydrogens is 433 g/mol. The Hall–Kier alpha value is -2.77. The molecule has 0 amide bonds. The Morgan fingerprint density at radius 1 is 1.32 bits per heavy atom. The molecule has 3 aliphatic rings. The fourth-order valence-electron chi connectivity index (χ4n) is 4.04. The molecule has 0 spiro atoms.